The van der Waals surface area contributed by atoms with Crippen molar-refractivity contribution >= 4 is 0 Å². The molecule has 0 bridgehead atoms. The molecule has 8 atom stereocenters. The number of nitrogens with zero attached hydrogens (tertiary/aromatic N) is 4. The standard InChI is InChI=1S/C14H26N.2C14H24N.C14H22N.4Y/c4*1-11-6-8-14(4)10-15(5)9-7-12(14)13(11,2)3;;;;/h11-12H,1,6-10H2,2-5H3;7,11H,1,6,8-10H2,2-5H3;6,12H,1,7-10H2,2-5H3;6-7H,1,8-10H2,2-5H3;;;;/q4*-1;;;;/t11?,12?,14-;11?,14-;12?,14-;14-;;;;/m1111..../s1. The average Bonchev–Trinajstić information content (AvgIpc) is 3.12. The SMILES string of the molecule is [CH2-]C1=CC[C@]2(C)CN(C)CC=C2C1(C)C.[CH2-]C1=CC[C@]2(C)CN(C)CCC2C1(C)C.[CH2-]C1CC[C@]2(C)CN(C)CC=C2C1(C)C.[CH2-]C1CC[C@]2(C)CN(C)CCC2C1(C)C.[Y].[Y].[Y].[Y]. The molecule has 2 saturated heterocycles. The first-order valence-corrected chi connectivity index (χ1v) is 24.3. The predicted octanol–water partition coefficient (Wildman–Crippen LogP) is 12.5. The fourth-order valence-electron chi connectivity index (χ4n) is 14.7. The summed E-state index contributed by atoms with van der Waals surface area (Å²) in [5.41, 5.74) is 8.86. The maximum absolute atomic E-state index is 4.38. The van der Waals surface area contributed by atoms with E-state index in [1.165, 1.54) is 95.4 Å². The van der Waals surface area contributed by atoms with Crippen molar-refractivity contribution in [1.82, 2.24) is 19.6 Å². The van der Waals surface area contributed by atoms with Crippen LogP contribution in [0.1, 0.15) is 134 Å². The molecule has 2 saturated carbocycles. The smallest absolute Gasteiger partial charge is 0.0163 e. The van der Waals surface area contributed by atoms with Gasteiger partial charge in [-0.3, -0.25) is 0 Å². The summed E-state index contributed by atoms with van der Waals surface area (Å²) in [6.45, 7) is 55.6. The summed E-state index contributed by atoms with van der Waals surface area (Å²) in [7, 11) is 8.94. The van der Waals surface area contributed by atoms with Crippen LogP contribution in [0.15, 0.2) is 46.6 Å². The Labute approximate surface area is 500 Å². The number of likely N-dealkylation sites (N-methyl/N-ethyl adjacent to an activating group) is 2. The molecule has 0 aromatic rings. The molecule has 0 spiro atoms. The van der Waals surface area contributed by atoms with E-state index in [4.69, 9.17) is 0 Å². The Kier molecular flexibility index (Phi) is 24.7. The van der Waals surface area contributed by atoms with Gasteiger partial charge >= 0.3 is 0 Å². The second kappa shape index (κ2) is 24.3. The molecule has 4 nitrogen and oxygen atoms in total. The summed E-state index contributed by atoms with van der Waals surface area (Å²) in [6.07, 6.45) is 19.9. The maximum atomic E-state index is 4.38. The first-order valence-electron chi connectivity index (χ1n) is 24.3. The monoisotopic (exact) mass is 1180 g/mol. The zero-order valence-electron chi connectivity index (χ0n) is 44.9. The van der Waals surface area contributed by atoms with Crippen molar-refractivity contribution < 1.29 is 131 Å². The molecule has 0 amide bonds. The number of hydrogen-bond acceptors (Lipinski definition) is 4. The predicted molar refractivity (Wildman–Crippen MR) is 262 cm³/mol. The van der Waals surface area contributed by atoms with Gasteiger partial charge < -0.3 is 33.4 Å². The zero-order chi connectivity index (χ0) is 45.1. The van der Waals surface area contributed by atoms with Gasteiger partial charge in [-0.25, -0.2) is 37.1 Å². The Morgan fingerprint density at radius 1 is 0.469 bits per heavy atom. The van der Waals surface area contributed by atoms with Gasteiger partial charge in [0, 0.05) is 176 Å². The van der Waals surface area contributed by atoms with E-state index >= 15 is 0 Å². The van der Waals surface area contributed by atoms with Crippen LogP contribution in [0.25, 0.3) is 0 Å². The minimum atomic E-state index is 0. The van der Waals surface area contributed by atoms with Gasteiger partial charge in [0.15, 0.2) is 0 Å². The van der Waals surface area contributed by atoms with Crippen molar-refractivity contribution in [3.63, 3.8) is 0 Å². The molecule has 4 fully saturated rings. The number of hydrogen-bond donors (Lipinski definition) is 0. The Bertz CT molecular complexity index is 1660. The Morgan fingerprint density at radius 3 is 1.50 bits per heavy atom. The van der Waals surface area contributed by atoms with E-state index in [9.17, 15) is 0 Å². The van der Waals surface area contributed by atoms with Crippen LogP contribution in [-0.2, 0) is 131 Å². The van der Waals surface area contributed by atoms with Crippen molar-refractivity contribution in [3.05, 3.63) is 74.3 Å². The van der Waals surface area contributed by atoms with Crippen molar-refractivity contribution in [2.24, 2.45) is 67.0 Å². The summed E-state index contributed by atoms with van der Waals surface area (Å²) < 4.78 is 0. The first kappa shape index (κ1) is 65.0. The van der Waals surface area contributed by atoms with Gasteiger partial charge in [-0.2, -0.15) is 11.8 Å². The Morgan fingerprint density at radius 2 is 0.938 bits per heavy atom. The van der Waals surface area contributed by atoms with Crippen molar-refractivity contribution in [1.29, 1.82) is 0 Å². The number of fused-ring (bicyclic) bond motifs is 4. The topological polar surface area (TPSA) is 13.0 Å². The van der Waals surface area contributed by atoms with Gasteiger partial charge in [-0.15, -0.1) is 0 Å². The van der Waals surface area contributed by atoms with Crippen molar-refractivity contribution in [2.45, 2.75) is 134 Å². The molecule has 4 unspecified atom stereocenters. The summed E-state index contributed by atoms with van der Waals surface area (Å²) in [6, 6.07) is 0. The normalized spacial score (nSPS) is 38.3. The van der Waals surface area contributed by atoms with Crippen LogP contribution in [0.2, 0.25) is 0 Å². The number of likely N-dealkylation sites (tertiary alicyclic amines) is 2. The van der Waals surface area contributed by atoms with E-state index < -0.39 is 0 Å². The largest absolute Gasteiger partial charge is 0.340 e. The van der Waals surface area contributed by atoms with Crippen LogP contribution in [0, 0.1) is 94.7 Å². The minimum absolute atomic E-state index is 0. The van der Waals surface area contributed by atoms with E-state index in [1.54, 1.807) is 11.1 Å². The summed E-state index contributed by atoms with van der Waals surface area (Å²) in [4.78, 5) is 9.83. The minimum Gasteiger partial charge on any atom is -0.340 e. The average molecular weight is 1180 g/mol. The molecule has 8 heteroatoms. The van der Waals surface area contributed by atoms with Crippen molar-refractivity contribution in [2.75, 3.05) is 80.5 Å². The van der Waals surface area contributed by atoms with Crippen LogP contribution in [0.5, 0.6) is 0 Å². The molecule has 356 valence electrons. The van der Waals surface area contributed by atoms with Gasteiger partial charge in [0.25, 0.3) is 0 Å². The van der Waals surface area contributed by atoms with Gasteiger partial charge in [0.05, 0.1) is 0 Å². The molecule has 0 aromatic heterocycles. The second-order valence-electron chi connectivity index (χ2n) is 25.4. The van der Waals surface area contributed by atoms with E-state index in [0.29, 0.717) is 49.7 Å². The van der Waals surface area contributed by atoms with E-state index in [1.807, 2.05) is 0 Å². The van der Waals surface area contributed by atoms with Gasteiger partial charge in [-0.05, 0) is 111 Å². The fraction of sp³-hybridized carbons (Fsp3) is 0.786. The number of rotatable bonds is 0. The Hall–Kier alpha value is 2.96. The van der Waals surface area contributed by atoms with Crippen LogP contribution < -0.4 is 0 Å². The van der Waals surface area contributed by atoms with Crippen molar-refractivity contribution in [3.8, 4) is 0 Å². The number of piperidine rings is 2. The third kappa shape index (κ3) is 13.8. The van der Waals surface area contributed by atoms with Crippen LogP contribution in [0.4, 0.5) is 0 Å². The van der Waals surface area contributed by atoms with Crippen LogP contribution >= 0.6 is 0 Å². The second-order valence-corrected chi connectivity index (χ2v) is 25.4. The summed E-state index contributed by atoms with van der Waals surface area (Å²) in [5, 5.41) is 0. The van der Waals surface area contributed by atoms with Gasteiger partial charge in [0.2, 0.25) is 0 Å². The maximum Gasteiger partial charge on any atom is 0.0163 e. The van der Waals surface area contributed by atoms with Gasteiger partial charge in [-0.1, -0.05) is 137 Å². The van der Waals surface area contributed by atoms with E-state index in [0.717, 1.165) is 31.3 Å². The molecular formula is C56H96N4Y4-4. The molecule has 64 heavy (non-hydrogen) atoms. The first-order chi connectivity index (χ1) is 27.4. The summed E-state index contributed by atoms with van der Waals surface area (Å²) in [5.74, 6) is 2.91. The molecule has 4 radical (unpaired) electrons. The van der Waals surface area contributed by atoms with Gasteiger partial charge in [0.1, 0.15) is 0 Å². The fourth-order valence-corrected chi connectivity index (χ4v) is 14.7. The molecule has 0 aromatic carbocycles. The molecule has 4 aliphatic heterocycles. The van der Waals surface area contributed by atoms with E-state index in [-0.39, 0.29) is 136 Å². The van der Waals surface area contributed by atoms with E-state index in [2.05, 4.69) is 183 Å². The third-order valence-electron chi connectivity index (χ3n) is 18.9. The quantitative estimate of drug-likeness (QED) is 0.177. The van der Waals surface area contributed by atoms with Crippen LogP contribution in [0.3, 0.4) is 0 Å². The molecule has 0 N–H and O–H groups in total. The molecule has 8 rings (SSSR count). The third-order valence-corrected chi connectivity index (χ3v) is 18.9. The molecule has 4 heterocycles. The number of allylic oxidation sites excluding steroid dienone is 4. The zero-order valence-corrected chi connectivity index (χ0v) is 56.2. The molecule has 4 aliphatic carbocycles. The molecule has 8 aliphatic rings. The summed E-state index contributed by atoms with van der Waals surface area (Å²) >= 11 is 0. The molecular weight excluding hydrogens is 1080 g/mol. The Balaban J connectivity index is 0.000000418. The van der Waals surface area contributed by atoms with Crippen LogP contribution in [-0.4, -0.2) is 100 Å².